The Morgan fingerprint density at radius 1 is 1.39 bits per heavy atom. The Kier molecular flexibility index (Phi) is 5.56. The Morgan fingerprint density at radius 2 is 2.28 bits per heavy atom. The number of nitrogens with one attached hydrogen (secondary N) is 1. The molecule has 1 fully saturated rings. The Morgan fingerprint density at radius 3 is 3.11 bits per heavy atom. The SMILES string of the molecule is CCCNc1ncnc(N2CCCSCC2)c1Br. The van der Waals surface area contributed by atoms with Gasteiger partial charge in [-0.2, -0.15) is 11.8 Å². The zero-order valence-corrected chi connectivity index (χ0v) is 13.1. The molecule has 1 aromatic rings. The second kappa shape index (κ2) is 7.19. The highest BCUT2D eigenvalue weighted by Crippen LogP contribution is 2.30. The fourth-order valence-electron chi connectivity index (χ4n) is 1.91. The third-order valence-electron chi connectivity index (χ3n) is 2.84. The Hall–Kier alpha value is -0.490. The first-order chi connectivity index (χ1) is 8.83. The molecule has 1 aromatic heterocycles. The predicted molar refractivity (Wildman–Crippen MR) is 82.7 cm³/mol. The molecule has 0 aliphatic carbocycles. The zero-order chi connectivity index (χ0) is 12.8. The summed E-state index contributed by atoms with van der Waals surface area (Å²) >= 11 is 5.66. The van der Waals surface area contributed by atoms with Gasteiger partial charge in [-0.25, -0.2) is 9.97 Å². The summed E-state index contributed by atoms with van der Waals surface area (Å²) in [4.78, 5) is 11.1. The molecule has 1 aliphatic heterocycles. The van der Waals surface area contributed by atoms with Gasteiger partial charge in [0.2, 0.25) is 0 Å². The fourth-order valence-corrected chi connectivity index (χ4v) is 3.39. The standard InChI is InChI=1S/C12H19BrN4S/c1-2-4-14-11-10(13)12(16-9-15-11)17-5-3-7-18-8-6-17/h9H,2-8H2,1H3,(H,14,15,16). The highest BCUT2D eigenvalue weighted by atomic mass is 79.9. The van der Waals surface area contributed by atoms with Gasteiger partial charge in [0.15, 0.2) is 0 Å². The van der Waals surface area contributed by atoms with E-state index < -0.39 is 0 Å². The van der Waals surface area contributed by atoms with Gasteiger partial charge in [0.25, 0.3) is 0 Å². The van der Waals surface area contributed by atoms with E-state index in [4.69, 9.17) is 0 Å². The van der Waals surface area contributed by atoms with Crippen LogP contribution in [-0.4, -0.2) is 41.1 Å². The molecule has 0 aromatic carbocycles. The Labute approximate surface area is 121 Å². The molecule has 0 atom stereocenters. The van der Waals surface area contributed by atoms with Gasteiger partial charge >= 0.3 is 0 Å². The topological polar surface area (TPSA) is 41.1 Å². The maximum Gasteiger partial charge on any atom is 0.148 e. The van der Waals surface area contributed by atoms with Crippen molar-refractivity contribution in [1.82, 2.24) is 9.97 Å². The van der Waals surface area contributed by atoms with Gasteiger partial charge in [0.1, 0.15) is 22.4 Å². The van der Waals surface area contributed by atoms with E-state index in [9.17, 15) is 0 Å². The molecular formula is C12H19BrN4S. The average Bonchev–Trinajstić information content (AvgIpc) is 2.66. The van der Waals surface area contributed by atoms with E-state index in [1.54, 1.807) is 6.33 Å². The van der Waals surface area contributed by atoms with Crippen LogP contribution in [0.25, 0.3) is 0 Å². The predicted octanol–water partition coefficient (Wildman–Crippen LogP) is 3.00. The number of nitrogens with zero attached hydrogens (tertiary/aromatic N) is 3. The summed E-state index contributed by atoms with van der Waals surface area (Å²) in [6.07, 6.45) is 3.96. The van der Waals surface area contributed by atoms with Crippen molar-refractivity contribution in [1.29, 1.82) is 0 Å². The number of aromatic nitrogens is 2. The maximum absolute atomic E-state index is 4.43. The minimum Gasteiger partial charge on any atom is -0.369 e. The van der Waals surface area contributed by atoms with E-state index in [0.717, 1.165) is 42.2 Å². The van der Waals surface area contributed by atoms with Gasteiger partial charge in [-0.3, -0.25) is 0 Å². The molecule has 2 rings (SSSR count). The average molecular weight is 331 g/mol. The van der Waals surface area contributed by atoms with E-state index in [-0.39, 0.29) is 0 Å². The molecule has 1 saturated heterocycles. The van der Waals surface area contributed by atoms with E-state index >= 15 is 0 Å². The molecule has 6 heteroatoms. The molecule has 1 N–H and O–H groups in total. The third kappa shape index (κ3) is 3.51. The smallest absolute Gasteiger partial charge is 0.148 e. The molecule has 4 nitrogen and oxygen atoms in total. The van der Waals surface area contributed by atoms with Gasteiger partial charge in [-0.1, -0.05) is 6.92 Å². The molecule has 0 amide bonds. The van der Waals surface area contributed by atoms with Crippen LogP contribution in [0.5, 0.6) is 0 Å². The molecule has 0 saturated carbocycles. The first kappa shape index (κ1) is 13.9. The second-order valence-corrected chi connectivity index (χ2v) is 6.26. The van der Waals surface area contributed by atoms with Crippen LogP contribution in [0.15, 0.2) is 10.8 Å². The van der Waals surface area contributed by atoms with Gasteiger partial charge in [-0.15, -0.1) is 0 Å². The Balaban J connectivity index is 2.15. The molecule has 0 radical (unpaired) electrons. The lowest BCUT2D eigenvalue weighted by molar-refractivity contribution is 0.795. The summed E-state index contributed by atoms with van der Waals surface area (Å²) in [6, 6.07) is 0. The number of hydrogen-bond acceptors (Lipinski definition) is 5. The molecule has 18 heavy (non-hydrogen) atoms. The van der Waals surface area contributed by atoms with Crippen molar-refractivity contribution in [2.45, 2.75) is 19.8 Å². The maximum atomic E-state index is 4.43. The summed E-state index contributed by atoms with van der Waals surface area (Å²) in [5.74, 6) is 4.35. The number of rotatable bonds is 4. The number of halogens is 1. The van der Waals surface area contributed by atoms with Crippen LogP contribution in [0, 0.1) is 0 Å². The van der Waals surface area contributed by atoms with Gasteiger partial charge in [-0.05, 0) is 34.5 Å². The lowest BCUT2D eigenvalue weighted by atomic mass is 10.3. The molecule has 0 spiro atoms. The minimum absolute atomic E-state index is 0.902. The van der Waals surface area contributed by atoms with Crippen molar-refractivity contribution in [3.05, 3.63) is 10.8 Å². The van der Waals surface area contributed by atoms with Crippen LogP contribution in [0.3, 0.4) is 0 Å². The molecule has 0 bridgehead atoms. The van der Waals surface area contributed by atoms with Crippen molar-refractivity contribution in [2.24, 2.45) is 0 Å². The van der Waals surface area contributed by atoms with E-state index in [1.165, 1.54) is 17.9 Å². The highest BCUT2D eigenvalue weighted by Gasteiger charge is 2.16. The van der Waals surface area contributed by atoms with Crippen LogP contribution in [0.2, 0.25) is 0 Å². The number of thioether (sulfide) groups is 1. The van der Waals surface area contributed by atoms with Crippen LogP contribution < -0.4 is 10.2 Å². The van der Waals surface area contributed by atoms with E-state index in [1.807, 2.05) is 11.8 Å². The minimum atomic E-state index is 0.902. The van der Waals surface area contributed by atoms with Crippen LogP contribution in [0.4, 0.5) is 11.6 Å². The quantitative estimate of drug-likeness (QED) is 0.919. The summed E-state index contributed by atoms with van der Waals surface area (Å²) in [5.41, 5.74) is 0. The largest absolute Gasteiger partial charge is 0.369 e. The molecule has 0 unspecified atom stereocenters. The van der Waals surface area contributed by atoms with E-state index in [0.29, 0.717) is 0 Å². The summed E-state index contributed by atoms with van der Waals surface area (Å²) < 4.78 is 0.991. The van der Waals surface area contributed by atoms with Crippen LogP contribution in [-0.2, 0) is 0 Å². The van der Waals surface area contributed by atoms with Gasteiger partial charge in [0.05, 0.1) is 0 Å². The fraction of sp³-hybridized carbons (Fsp3) is 0.667. The summed E-state index contributed by atoms with van der Waals surface area (Å²) in [7, 11) is 0. The second-order valence-electron chi connectivity index (χ2n) is 4.24. The van der Waals surface area contributed by atoms with Gasteiger partial charge in [0, 0.05) is 25.4 Å². The molecule has 2 heterocycles. The van der Waals surface area contributed by atoms with Crippen LogP contribution >= 0.6 is 27.7 Å². The normalized spacial score (nSPS) is 16.4. The van der Waals surface area contributed by atoms with Crippen LogP contribution in [0.1, 0.15) is 19.8 Å². The summed E-state index contributed by atoms with van der Waals surface area (Å²) in [6.45, 7) is 5.23. The summed E-state index contributed by atoms with van der Waals surface area (Å²) in [5, 5.41) is 3.33. The first-order valence-electron chi connectivity index (χ1n) is 6.40. The monoisotopic (exact) mass is 330 g/mol. The van der Waals surface area contributed by atoms with E-state index in [2.05, 4.69) is 43.0 Å². The molecular weight excluding hydrogens is 312 g/mol. The molecule has 1 aliphatic rings. The highest BCUT2D eigenvalue weighted by molar-refractivity contribution is 9.10. The van der Waals surface area contributed by atoms with Crippen molar-refractivity contribution in [3.63, 3.8) is 0 Å². The zero-order valence-electron chi connectivity index (χ0n) is 10.7. The first-order valence-corrected chi connectivity index (χ1v) is 8.34. The van der Waals surface area contributed by atoms with Crippen molar-refractivity contribution < 1.29 is 0 Å². The van der Waals surface area contributed by atoms with Crippen molar-refractivity contribution in [2.75, 3.05) is 41.4 Å². The van der Waals surface area contributed by atoms with Gasteiger partial charge < -0.3 is 10.2 Å². The number of hydrogen-bond donors (Lipinski definition) is 1. The third-order valence-corrected chi connectivity index (χ3v) is 4.61. The number of anilines is 2. The Bertz CT molecular complexity index is 380. The van der Waals surface area contributed by atoms with Crippen molar-refractivity contribution >= 4 is 39.3 Å². The lowest BCUT2D eigenvalue weighted by Gasteiger charge is -2.23. The molecule has 100 valence electrons. The van der Waals surface area contributed by atoms with Crippen molar-refractivity contribution in [3.8, 4) is 0 Å². The lowest BCUT2D eigenvalue weighted by Crippen LogP contribution is -2.27.